The Morgan fingerprint density at radius 3 is 1.35 bits per heavy atom. The average Bonchev–Trinajstić information content (AvgIpc) is 2.89. The predicted octanol–water partition coefficient (Wildman–Crippen LogP) is 3.36. The van der Waals surface area contributed by atoms with Gasteiger partial charge in [0, 0.05) is 0 Å². The lowest BCUT2D eigenvalue weighted by molar-refractivity contribution is 0.0942. The first kappa shape index (κ1) is 24.2. The second-order valence-electron chi connectivity index (χ2n) is 7.15. The van der Waals surface area contributed by atoms with Gasteiger partial charge in [0.25, 0.3) is 11.8 Å². The quantitative estimate of drug-likeness (QED) is 0.160. The van der Waals surface area contributed by atoms with Crippen molar-refractivity contribution in [2.24, 2.45) is 11.7 Å². The van der Waals surface area contributed by atoms with Crippen molar-refractivity contribution in [3.8, 4) is 33.8 Å². The second-order valence-corrected chi connectivity index (χ2v) is 7.15. The lowest BCUT2D eigenvalue weighted by atomic mass is 9.98. The molecule has 0 bridgehead atoms. The van der Waals surface area contributed by atoms with Crippen molar-refractivity contribution in [2.45, 2.75) is 0 Å². The topological polar surface area (TPSA) is 129 Å². The number of hydrazine groups is 2. The van der Waals surface area contributed by atoms with E-state index in [2.05, 4.69) is 24.0 Å². The Labute approximate surface area is 197 Å². The molecular formula is C26H26N4O4. The Kier molecular flexibility index (Phi) is 8.17. The van der Waals surface area contributed by atoms with Crippen LogP contribution in [-0.2, 0) is 0 Å². The number of nitrogen functional groups attached to an aromatic ring is 2. The van der Waals surface area contributed by atoms with Crippen LogP contribution >= 0.6 is 0 Å². The summed E-state index contributed by atoms with van der Waals surface area (Å²) in [5, 5.41) is 0. The van der Waals surface area contributed by atoms with Crippen LogP contribution in [0.2, 0.25) is 0 Å². The van der Waals surface area contributed by atoms with E-state index in [4.69, 9.17) is 21.2 Å². The molecule has 0 spiro atoms. The SMILES string of the molecule is C=CCOc1cc(-c2ccc(-c3ccc(C(=O)NN)c(OCC=C)c3)cc2)ccc1C(=O)NN. The molecule has 0 fully saturated rings. The van der Waals surface area contributed by atoms with E-state index < -0.39 is 11.8 Å². The van der Waals surface area contributed by atoms with Gasteiger partial charge in [-0.25, -0.2) is 11.7 Å². The van der Waals surface area contributed by atoms with Crippen molar-refractivity contribution < 1.29 is 19.1 Å². The standard InChI is InChI=1S/C26H26N4O4/c1-3-13-33-23-15-19(9-11-21(23)25(31)29-27)17-5-7-18(8-6-17)20-10-12-22(26(32)30-28)24(16-20)34-14-4-2/h3-12,15-16H,1-2,13-14,27-28H2,(H,29,31)(H,30,32). The minimum atomic E-state index is -0.442. The van der Waals surface area contributed by atoms with E-state index in [1.807, 2.05) is 36.4 Å². The second kappa shape index (κ2) is 11.5. The van der Waals surface area contributed by atoms with E-state index in [0.717, 1.165) is 22.3 Å². The van der Waals surface area contributed by atoms with Gasteiger partial charge in [-0.2, -0.15) is 0 Å². The molecule has 0 heterocycles. The normalized spacial score (nSPS) is 10.2. The molecule has 3 aromatic rings. The van der Waals surface area contributed by atoms with Crippen molar-refractivity contribution in [3.05, 3.63) is 97.1 Å². The summed E-state index contributed by atoms with van der Waals surface area (Å²) in [7, 11) is 0. The third kappa shape index (κ3) is 5.50. The highest BCUT2D eigenvalue weighted by atomic mass is 16.5. The van der Waals surface area contributed by atoms with Gasteiger partial charge >= 0.3 is 0 Å². The summed E-state index contributed by atoms with van der Waals surface area (Å²) in [6.45, 7) is 7.78. The molecule has 174 valence electrons. The first-order chi connectivity index (χ1) is 16.5. The zero-order valence-electron chi connectivity index (χ0n) is 18.5. The fraction of sp³-hybridized carbons (Fsp3) is 0.0769. The maximum absolute atomic E-state index is 12.0. The van der Waals surface area contributed by atoms with Crippen LogP contribution in [0.1, 0.15) is 20.7 Å². The van der Waals surface area contributed by atoms with Gasteiger partial charge in [-0.15, -0.1) is 0 Å². The van der Waals surface area contributed by atoms with Crippen molar-refractivity contribution in [3.63, 3.8) is 0 Å². The van der Waals surface area contributed by atoms with Crippen LogP contribution in [0.5, 0.6) is 11.5 Å². The molecule has 0 atom stereocenters. The van der Waals surface area contributed by atoms with Crippen molar-refractivity contribution in [1.29, 1.82) is 0 Å². The largest absolute Gasteiger partial charge is 0.489 e. The van der Waals surface area contributed by atoms with Gasteiger partial charge in [0.1, 0.15) is 24.7 Å². The highest BCUT2D eigenvalue weighted by Crippen LogP contribution is 2.31. The van der Waals surface area contributed by atoms with Crippen LogP contribution in [0.3, 0.4) is 0 Å². The fourth-order valence-electron chi connectivity index (χ4n) is 3.33. The van der Waals surface area contributed by atoms with Gasteiger partial charge in [0.2, 0.25) is 0 Å². The predicted molar refractivity (Wildman–Crippen MR) is 132 cm³/mol. The van der Waals surface area contributed by atoms with Crippen molar-refractivity contribution >= 4 is 11.8 Å². The average molecular weight is 459 g/mol. The first-order valence-corrected chi connectivity index (χ1v) is 10.4. The van der Waals surface area contributed by atoms with E-state index in [-0.39, 0.29) is 13.2 Å². The molecule has 0 saturated heterocycles. The van der Waals surface area contributed by atoms with E-state index in [1.165, 1.54) is 0 Å². The lowest BCUT2D eigenvalue weighted by Gasteiger charge is -2.13. The summed E-state index contributed by atoms with van der Waals surface area (Å²) in [5.74, 6) is 10.5. The Hall–Kier alpha value is -4.40. The Morgan fingerprint density at radius 2 is 1.03 bits per heavy atom. The summed E-state index contributed by atoms with van der Waals surface area (Å²) in [6.07, 6.45) is 3.20. The summed E-state index contributed by atoms with van der Waals surface area (Å²) in [6, 6.07) is 18.3. The molecule has 0 saturated carbocycles. The van der Waals surface area contributed by atoms with Gasteiger partial charge in [-0.3, -0.25) is 20.4 Å². The molecule has 0 radical (unpaired) electrons. The van der Waals surface area contributed by atoms with E-state index in [9.17, 15) is 9.59 Å². The Bertz CT molecular complexity index is 1110. The molecule has 6 N–H and O–H groups in total. The van der Waals surface area contributed by atoms with Crippen LogP contribution in [0.25, 0.3) is 22.3 Å². The van der Waals surface area contributed by atoms with E-state index in [1.54, 1.807) is 36.4 Å². The molecule has 8 heteroatoms. The molecule has 3 rings (SSSR count). The number of carbonyl (C=O) groups is 2. The summed E-state index contributed by atoms with van der Waals surface area (Å²) >= 11 is 0. The number of hydrogen-bond donors (Lipinski definition) is 4. The van der Waals surface area contributed by atoms with Crippen LogP contribution < -0.4 is 32.0 Å². The van der Waals surface area contributed by atoms with Crippen LogP contribution in [0.4, 0.5) is 0 Å². The van der Waals surface area contributed by atoms with Crippen molar-refractivity contribution in [2.75, 3.05) is 13.2 Å². The molecule has 8 nitrogen and oxygen atoms in total. The molecule has 0 unspecified atom stereocenters. The molecule has 3 aromatic carbocycles. The molecule has 34 heavy (non-hydrogen) atoms. The van der Waals surface area contributed by atoms with Gasteiger partial charge in [-0.1, -0.05) is 61.7 Å². The third-order valence-electron chi connectivity index (χ3n) is 4.98. The van der Waals surface area contributed by atoms with E-state index in [0.29, 0.717) is 22.6 Å². The summed E-state index contributed by atoms with van der Waals surface area (Å²) in [4.78, 5) is 24.1. The van der Waals surface area contributed by atoms with Crippen molar-refractivity contribution in [1.82, 2.24) is 10.9 Å². The molecule has 0 aromatic heterocycles. The number of amides is 2. The first-order valence-electron chi connectivity index (χ1n) is 10.4. The summed E-state index contributed by atoms with van der Waals surface area (Å²) in [5.41, 5.74) is 8.49. The number of nitrogens with one attached hydrogen (secondary N) is 2. The van der Waals surface area contributed by atoms with Gasteiger partial charge in [-0.05, 0) is 46.5 Å². The highest BCUT2D eigenvalue weighted by Gasteiger charge is 2.15. The van der Waals surface area contributed by atoms with Gasteiger partial charge < -0.3 is 9.47 Å². The monoisotopic (exact) mass is 458 g/mol. The lowest BCUT2D eigenvalue weighted by Crippen LogP contribution is -2.30. The molecular weight excluding hydrogens is 432 g/mol. The van der Waals surface area contributed by atoms with Crippen LogP contribution in [0.15, 0.2) is 86.0 Å². The smallest absolute Gasteiger partial charge is 0.268 e. The fourth-order valence-corrected chi connectivity index (χ4v) is 3.33. The summed E-state index contributed by atoms with van der Waals surface area (Å²) < 4.78 is 11.3. The zero-order valence-corrected chi connectivity index (χ0v) is 18.5. The number of rotatable bonds is 10. The minimum Gasteiger partial charge on any atom is -0.489 e. The number of hydrogen-bond acceptors (Lipinski definition) is 6. The number of nitrogens with two attached hydrogens (primary N) is 2. The molecule has 0 aliphatic heterocycles. The molecule has 2 amide bonds. The highest BCUT2D eigenvalue weighted by molar-refractivity contribution is 5.98. The Balaban J connectivity index is 1.93. The number of ether oxygens (including phenoxy) is 2. The Morgan fingerprint density at radius 1 is 0.676 bits per heavy atom. The number of benzene rings is 3. The maximum atomic E-state index is 12.0. The minimum absolute atomic E-state index is 0.252. The third-order valence-corrected chi connectivity index (χ3v) is 4.98. The maximum Gasteiger partial charge on any atom is 0.268 e. The van der Waals surface area contributed by atoms with E-state index >= 15 is 0 Å². The molecule has 0 aliphatic carbocycles. The van der Waals surface area contributed by atoms with Gasteiger partial charge in [0.05, 0.1) is 11.1 Å². The van der Waals surface area contributed by atoms with Crippen LogP contribution in [0, 0.1) is 0 Å². The van der Waals surface area contributed by atoms with Gasteiger partial charge in [0.15, 0.2) is 0 Å². The van der Waals surface area contributed by atoms with Crippen LogP contribution in [-0.4, -0.2) is 25.0 Å². The molecule has 0 aliphatic rings. The number of carbonyl (C=O) groups excluding carboxylic acids is 2. The zero-order chi connectivity index (χ0) is 24.5.